The number of hydrogen-bond acceptors (Lipinski definition) is 5. The molecule has 0 unspecified atom stereocenters. The number of para-hydroxylation sites is 4. The van der Waals surface area contributed by atoms with Gasteiger partial charge in [-0.15, -0.1) is 0 Å². The van der Waals surface area contributed by atoms with E-state index >= 15 is 0 Å². The van der Waals surface area contributed by atoms with Crippen LogP contribution in [0.1, 0.15) is 0 Å². The maximum Gasteiger partial charge on any atom is 0.228 e. The number of anilines is 3. The van der Waals surface area contributed by atoms with Crippen LogP contribution in [-0.4, -0.2) is 15.0 Å². The maximum atomic E-state index is 6.30. The monoisotopic (exact) mass is 716 g/mol. The van der Waals surface area contributed by atoms with Crippen molar-refractivity contribution >= 4 is 71.8 Å². The predicted octanol–water partition coefficient (Wildman–Crippen LogP) is 13.7. The van der Waals surface area contributed by atoms with Gasteiger partial charge < -0.3 is 9.32 Å². The van der Waals surface area contributed by atoms with Crippen molar-refractivity contribution in [2.75, 3.05) is 4.90 Å². The Morgan fingerprint density at radius 2 is 0.821 bits per heavy atom. The summed E-state index contributed by atoms with van der Waals surface area (Å²) in [7, 11) is 0. The zero-order chi connectivity index (χ0) is 37.0. The highest BCUT2D eigenvalue weighted by atomic mass is 16.3. The number of aromatic nitrogens is 3. The molecule has 0 amide bonds. The highest BCUT2D eigenvalue weighted by molar-refractivity contribution is 6.18. The largest absolute Gasteiger partial charge is 0.438 e. The minimum atomic E-state index is 0.646. The molecule has 0 radical (unpaired) electrons. The van der Waals surface area contributed by atoms with Crippen molar-refractivity contribution in [1.82, 2.24) is 15.0 Å². The van der Waals surface area contributed by atoms with Crippen molar-refractivity contribution in [3.05, 3.63) is 194 Å². The van der Waals surface area contributed by atoms with Gasteiger partial charge in [-0.3, -0.25) is 0 Å². The molecule has 0 aliphatic heterocycles. The molecule has 11 aromatic rings. The summed E-state index contributed by atoms with van der Waals surface area (Å²) in [5, 5.41) is 5.44. The second-order valence-corrected chi connectivity index (χ2v) is 14.0. The van der Waals surface area contributed by atoms with Gasteiger partial charge in [-0.2, -0.15) is 0 Å². The molecule has 4 aromatic heterocycles. The Labute approximate surface area is 322 Å². The number of benzene rings is 7. The lowest BCUT2D eigenvalue weighted by Gasteiger charge is -2.26. The van der Waals surface area contributed by atoms with Gasteiger partial charge in [0.15, 0.2) is 0 Å². The number of pyridine rings is 3. The molecule has 0 spiro atoms. The van der Waals surface area contributed by atoms with E-state index in [9.17, 15) is 0 Å². The summed E-state index contributed by atoms with van der Waals surface area (Å²) in [6.45, 7) is 0. The normalized spacial score (nSPS) is 11.6. The topological polar surface area (TPSA) is 55.1 Å². The summed E-state index contributed by atoms with van der Waals surface area (Å²) in [6.07, 6.45) is 0. The molecule has 0 N–H and O–H groups in total. The third kappa shape index (κ3) is 5.45. The van der Waals surface area contributed by atoms with E-state index in [4.69, 9.17) is 19.4 Å². The van der Waals surface area contributed by atoms with Gasteiger partial charge in [-0.05, 0) is 78.4 Å². The van der Waals surface area contributed by atoms with Gasteiger partial charge in [0.1, 0.15) is 5.58 Å². The summed E-state index contributed by atoms with van der Waals surface area (Å²) in [5.41, 5.74) is 13.7. The highest BCUT2D eigenvalue weighted by Gasteiger charge is 2.19. The van der Waals surface area contributed by atoms with Crippen LogP contribution in [0.4, 0.5) is 17.1 Å². The van der Waals surface area contributed by atoms with Crippen molar-refractivity contribution in [3.8, 4) is 33.6 Å². The molecule has 0 bridgehead atoms. The first-order valence-corrected chi connectivity index (χ1v) is 18.8. The average Bonchev–Trinajstić information content (AvgIpc) is 3.64. The highest BCUT2D eigenvalue weighted by Crippen LogP contribution is 2.42. The minimum absolute atomic E-state index is 0.646. The number of hydrogen-bond donors (Lipinski definition) is 0. The zero-order valence-electron chi connectivity index (χ0n) is 30.2. The number of furan rings is 1. The fourth-order valence-electron chi connectivity index (χ4n) is 7.92. The predicted molar refractivity (Wildman–Crippen MR) is 231 cm³/mol. The van der Waals surface area contributed by atoms with E-state index in [1.807, 2.05) is 42.5 Å². The van der Waals surface area contributed by atoms with Crippen LogP contribution in [-0.2, 0) is 0 Å². The van der Waals surface area contributed by atoms with Crippen LogP contribution >= 0.6 is 0 Å². The second-order valence-electron chi connectivity index (χ2n) is 14.0. The van der Waals surface area contributed by atoms with Crippen LogP contribution in [0.2, 0.25) is 0 Å². The van der Waals surface area contributed by atoms with Crippen molar-refractivity contribution in [3.63, 3.8) is 0 Å². The van der Waals surface area contributed by atoms with E-state index in [-0.39, 0.29) is 0 Å². The van der Waals surface area contributed by atoms with Crippen LogP contribution < -0.4 is 4.90 Å². The minimum Gasteiger partial charge on any atom is -0.438 e. The summed E-state index contributed by atoms with van der Waals surface area (Å²) >= 11 is 0. The molecule has 0 saturated carbocycles. The number of rotatable bonds is 6. The molecule has 4 heterocycles. The summed E-state index contributed by atoms with van der Waals surface area (Å²) in [5.74, 6) is 0. The van der Waals surface area contributed by atoms with E-state index < -0.39 is 0 Å². The van der Waals surface area contributed by atoms with E-state index in [0.29, 0.717) is 5.71 Å². The first-order valence-electron chi connectivity index (χ1n) is 18.8. The molecule has 56 heavy (non-hydrogen) atoms. The Morgan fingerprint density at radius 1 is 0.357 bits per heavy atom. The maximum absolute atomic E-state index is 6.30. The smallest absolute Gasteiger partial charge is 0.228 e. The summed E-state index contributed by atoms with van der Waals surface area (Å²) < 4.78 is 6.30. The van der Waals surface area contributed by atoms with Gasteiger partial charge in [0.25, 0.3) is 0 Å². The molecule has 11 rings (SSSR count). The van der Waals surface area contributed by atoms with Crippen LogP contribution in [0.5, 0.6) is 0 Å². The Bertz CT molecular complexity index is 3120. The molecule has 5 nitrogen and oxygen atoms in total. The van der Waals surface area contributed by atoms with E-state index in [0.717, 1.165) is 99.8 Å². The van der Waals surface area contributed by atoms with E-state index in [1.54, 1.807) is 0 Å². The Hall–Kier alpha value is -7.63. The van der Waals surface area contributed by atoms with Gasteiger partial charge in [-0.25, -0.2) is 15.0 Å². The van der Waals surface area contributed by atoms with Gasteiger partial charge in [0.05, 0.1) is 33.3 Å². The molecule has 262 valence electrons. The third-order valence-corrected chi connectivity index (χ3v) is 10.7. The third-order valence-electron chi connectivity index (χ3n) is 10.7. The molecule has 0 aliphatic carbocycles. The molecule has 0 saturated heterocycles. The van der Waals surface area contributed by atoms with Crippen LogP contribution in [0, 0.1) is 0 Å². The lowest BCUT2D eigenvalue weighted by atomic mass is 9.96. The quantitative estimate of drug-likeness (QED) is 0.171. The molecular formula is C51H32N4O. The van der Waals surface area contributed by atoms with Crippen molar-refractivity contribution in [2.45, 2.75) is 0 Å². The van der Waals surface area contributed by atoms with Crippen molar-refractivity contribution in [1.29, 1.82) is 0 Å². The SMILES string of the molecule is c1ccc2nc(-c3ccc(N(c4ccc(-c5ccc6ccccc6n5)cc4)c4ccc(-c5c6ccccc6nc6oc7ccccc7c56)cc4)cc3)ccc2c1. The van der Waals surface area contributed by atoms with Crippen LogP contribution in [0.3, 0.4) is 0 Å². The van der Waals surface area contributed by atoms with Crippen molar-refractivity contribution < 1.29 is 4.42 Å². The first-order chi connectivity index (χ1) is 27.7. The summed E-state index contributed by atoms with van der Waals surface area (Å²) in [4.78, 5) is 17.1. The number of nitrogens with zero attached hydrogens (tertiary/aromatic N) is 4. The summed E-state index contributed by atoms with van der Waals surface area (Å²) in [6, 6.07) is 67.6. The van der Waals surface area contributed by atoms with Crippen LogP contribution in [0.15, 0.2) is 199 Å². The fourth-order valence-corrected chi connectivity index (χ4v) is 7.92. The Kier molecular flexibility index (Phi) is 7.42. The Morgan fingerprint density at radius 3 is 1.39 bits per heavy atom. The fraction of sp³-hybridized carbons (Fsp3) is 0. The first kappa shape index (κ1) is 31.9. The molecular weight excluding hydrogens is 685 g/mol. The molecule has 0 atom stereocenters. The molecule has 0 fully saturated rings. The molecule has 7 aromatic carbocycles. The molecule has 0 aliphatic rings. The number of fused-ring (bicyclic) bond motifs is 6. The standard InChI is InChI=1S/C51H32N4O/c1-5-13-43-33(9-1)23-31-45(52-43)35-17-25-38(26-18-35)55(39-27-19-36(20-28-39)46-32-24-34-10-2-6-14-44(34)53-46)40-29-21-37(22-30-40)49-41-11-3-7-15-47(41)54-51-50(49)42-12-4-8-16-48(42)56-51/h1-32H. The average molecular weight is 717 g/mol. The zero-order valence-corrected chi connectivity index (χ0v) is 30.2. The van der Waals surface area contributed by atoms with Gasteiger partial charge in [-0.1, -0.05) is 121 Å². The van der Waals surface area contributed by atoms with Gasteiger partial charge in [0.2, 0.25) is 5.71 Å². The van der Waals surface area contributed by atoms with Crippen LogP contribution in [0.25, 0.3) is 88.4 Å². The van der Waals surface area contributed by atoms with E-state index in [2.05, 4.69) is 157 Å². The molecule has 5 heteroatoms. The van der Waals surface area contributed by atoms with E-state index in [1.165, 1.54) is 0 Å². The van der Waals surface area contributed by atoms with Gasteiger partial charge in [0, 0.05) is 55.3 Å². The second kappa shape index (κ2) is 13.0. The Balaban J connectivity index is 1.02. The van der Waals surface area contributed by atoms with Gasteiger partial charge >= 0.3 is 0 Å². The lowest BCUT2D eigenvalue weighted by Crippen LogP contribution is -2.09. The van der Waals surface area contributed by atoms with Crippen molar-refractivity contribution in [2.24, 2.45) is 0 Å². The lowest BCUT2D eigenvalue weighted by molar-refractivity contribution is 0.656.